The van der Waals surface area contributed by atoms with Gasteiger partial charge in [0.25, 0.3) is 0 Å². The number of benzene rings is 1. The number of aliphatic imine (C=N–C) groups is 1. The van der Waals surface area contributed by atoms with Gasteiger partial charge in [0.15, 0.2) is 5.96 Å². The normalized spacial score (nSPS) is 18.4. The van der Waals surface area contributed by atoms with Crippen molar-refractivity contribution in [2.24, 2.45) is 10.7 Å². The molecule has 4 N–H and O–H groups in total. The van der Waals surface area contributed by atoms with Crippen LogP contribution in [-0.4, -0.2) is 49.0 Å². The largest absolute Gasteiger partial charge is 0.370 e. The molecule has 1 aromatic carbocycles. The van der Waals surface area contributed by atoms with Crippen LogP contribution in [0.3, 0.4) is 0 Å². The third-order valence-corrected chi connectivity index (χ3v) is 5.00. The van der Waals surface area contributed by atoms with Crippen LogP contribution in [0.1, 0.15) is 31.7 Å². The number of anilines is 1. The highest BCUT2D eigenvalue weighted by Gasteiger charge is 2.22. The number of likely N-dealkylation sites (tertiary alicyclic amines) is 1. The highest BCUT2D eigenvalue weighted by atomic mass is 79.9. The molecule has 1 fully saturated rings. The molecule has 2 rings (SSSR count). The molecule has 1 unspecified atom stereocenters. The Balaban J connectivity index is 1.71. The Bertz CT molecular complexity index is 619. The molecule has 0 aliphatic carbocycles. The van der Waals surface area contributed by atoms with Crippen molar-refractivity contribution in [1.29, 1.82) is 0 Å². The smallest absolute Gasteiger partial charge is 0.226 e. The number of amides is 1. The summed E-state index contributed by atoms with van der Waals surface area (Å²) >= 11 is 3.41. The number of carbonyl (C=O) groups is 1. The zero-order valence-electron chi connectivity index (χ0n) is 15.0. The van der Waals surface area contributed by atoms with E-state index >= 15 is 0 Å². The van der Waals surface area contributed by atoms with Gasteiger partial charge in [-0.25, -0.2) is 0 Å². The third kappa shape index (κ3) is 6.32. The molecule has 1 aliphatic rings. The number of rotatable bonds is 7. The average Bonchev–Trinajstić information content (AvgIpc) is 3.04. The first-order chi connectivity index (χ1) is 12.0. The molecule has 1 saturated heterocycles. The number of aryl methyl sites for hydroxylation is 1. The van der Waals surface area contributed by atoms with Crippen molar-refractivity contribution in [2.75, 3.05) is 31.5 Å². The van der Waals surface area contributed by atoms with Gasteiger partial charge in [-0.3, -0.25) is 14.7 Å². The number of hydrogen-bond acceptors (Lipinski definition) is 3. The van der Waals surface area contributed by atoms with Crippen molar-refractivity contribution in [2.45, 2.75) is 39.2 Å². The first kappa shape index (κ1) is 19.7. The minimum Gasteiger partial charge on any atom is -0.370 e. The second kappa shape index (κ2) is 9.77. The zero-order chi connectivity index (χ0) is 18.2. The van der Waals surface area contributed by atoms with E-state index in [0.717, 1.165) is 35.4 Å². The first-order valence-electron chi connectivity index (χ1n) is 8.83. The Morgan fingerprint density at radius 1 is 1.48 bits per heavy atom. The van der Waals surface area contributed by atoms with Gasteiger partial charge in [0.1, 0.15) is 0 Å². The van der Waals surface area contributed by atoms with E-state index in [0.29, 0.717) is 25.0 Å². The van der Waals surface area contributed by atoms with E-state index in [1.807, 2.05) is 25.1 Å². The van der Waals surface area contributed by atoms with E-state index in [1.54, 1.807) is 0 Å². The summed E-state index contributed by atoms with van der Waals surface area (Å²) in [5.74, 6) is 0.365. The van der Waals surface area contributed by atoms with Crippen molar-refractivity contribution in [1.82, 2.24) is 10.2 Å². The van der Waals surface area contributed by atoms with Gasteiger partial charge in [0, 0.05) is 29.2 Å². The van der Waals surface area contributed by atoms with Crippen molar-refractivity contribution >= 4 is 33.5 Å². The first-order valence-corrected chi connectivity index (χ1v) is 9.62. The number of guanidine groups is 1. The zero-order valence-corrected chi connectivity index (χ0v) is 16.6. The van der Waals surface area contributed by atoms with Crippen LogP contribution in [-0.2, 0) is 4.79 Å². The fourth-order valence-electron chi connectivity index (χ4n) is 3.02. The third-order valence-electron chi connectivity index (χ3n) is 4.51. The molecule has 0 aromatic heterocycles. The van der Waals surface area contributed by atoms with E-state index in [-0.39, 0.29) is 5.91 Å². The Labute approximate surface area is 158 Å². The lowest BCUT2D eigenvalue weighted by Gasteiger charge is -2.20. The van der Waals surface area contributed by atoms with Crippen LogP contribution >= 0.6 is 15.9 Å². The van der Waals surface area contributed by atoms with E-state index in [1.165, 1.54) is 12.8 Å². The SMILES string of the molecule is CCN1CCCC1CN=C(N)NCCC(=O)Nc1cc(Br)ccc1C. The minimum absolute atomic E-state index is 0.0468. The molecule has 138 valence electrons. The van der Waals surface area contributed by atoms with E-state index < -0.39 is 0 Å². The molecule has 1 amide bonds. The Morgan fingerprint density at radius 3 is 3.04 bits per heavy atom. The van der Waals surface area contributed by atoms with Crippen molar-refractivity contribution in [3.8, 4) is 0 Å². The summed E-state index contributed by atoms with van der Waals surface area (Å²) in [4.78, 5) is 18.9. The molecule has 7 heteroatoms. The van der Waals surface area contributed by atoms with Crippen molar-refractivity contribution in [3.05, 3.63) is 28.2 Å². The number of hydrogen-bond donors (Lipinski definition) is 3. The summed E-state index contributed by atoms with van der Waals surface area (Å²) in [6, 6.07) is 6.31. The van der Waals surface area contributed by atoms with Gasteiger partial charge in [0.05, 0.1) is 6.54 Å². The maximum atomic E-state index is 12.1. The lowest BCUT2D eigenvalue weighted by atomic mass is 10.2. The van der Waals surface area contributed by atoms with E-state index in [4.69, 9.17) is 5.73 Å². The van der Waals surface area contributed by atoms with Crippen LogP contribution in [0, 0.1) is 6.92 Å². The molecule has 0 saturated carbocycles. The van der Waals surface area contributed by atoms with Crippen LogP contribution in [0.2, 0.25) is 0 Å². The van der Waals surface area contributed by atoms with Crippen LogP contribution < -0.4 is 16.4 Å². The number of nitrogens with two attached hydrogens (primary N) is 1. The van der Waals surface area contributed by atoms with Gasteiger partial charge in [-0.1, -0.05) is 28.9 Å². The molecule has 1 aliphatic heterocycles. The van der Waals surface area contributed by atoms with Crippen LogP contribution in [0.4, 0.5) is 5.69 Å². The molecule has 6 nitrogen and oxygen atoms in total. The van der Waals surface area contributed by atoms with Gasteiger partial charge in [0.2, 0.25) is 5.91 Å². The average molecular weight is 410 g/mol. The molecule has 1 heterocycles. The maximum absolute atomic E-state index is 12.1. The van der Waals surface area contributed by atoms with Crippen molar-refractivity contribution < 1.29 is 4.79 Å². The van der Waals surface area contributed by atoms with Crippen LogP contribution in [0.15, 0.2) is 27.7 Å². The summed E-state index contributed by atoms with van der Waals surface area (Å²) in [6.45, 7) is 7.54. The van der Waals surface area contributed by atoms with Gasteiger partial charge in [-0.05, 0) is 50.6 Å². The lowest BCUT2D eigenvalue weighted by molar-refractivity contribution is -0.116. The van der Waals surface area contributed by atoms with Gasteiger partial charge >= 0.3 is 0 Å². The molecule has 0 spiro atoms. The lowest BCUT2D eigenvalue weighted by Crippen LogP contribution is -2.36. The highest BCUT2D eigenvalue weighted by Crippen LogP contribution is 2.20. The predicted octanol–water partition coefficient (Wildman–Crippen LogP) is 2.47. The summed E-state index contributed by atoms with van der Waals surface area (Å²) in [5.41, 5.74) is 7.76. The fourth-order valence-corrected chi connectivity index (χ4v) is 3.38. The number of nitrogens with zero attached hydrogens (tertiary/aromatic N) is 2. The summed E-state index contributed by atoms with van der Waals surface area (Å²) in [5, 5.41) is 5.94. The second-order valence-electron chi connectivity index (χ2n) is 6.33. The van der Waals surface area contributed by atoms with Gasteiger partial charge in [-0.15, -0.1) is 0 Å². The van der Waals surface area contributed by atoms with Gasteiger partial charge in [-0.2, -0.15) is 0 Å². The fraction of sp³-hybridized carbons (Fsp3) is 0.556. The second-order valence-corrected chi connectivity index (χ2v) is 7.25. The Kier molecular flexibility index (Phi) is 7.71. The highest BCUT2D eigenvalue weighted by molar-refractivity contribution is 9.10. The quantitative estimate of drug-likeness (QED) is 0.477. The maximum Gasteiger partial charge on any atom is 0.226 e. The molecular weight excluding hydrogens is 382 g/mol. The Hall–Kier alpha value is -1.60. The molecular formula is C18H28BrN5O. The van der Waals surface area contributed by atoms with E-state index in [2.05, 4.69) is 43.4 Å². The van der Waals surface area contributed by atoms with Crippen LogP contribution in [0.5, 0.6) is 0 Å². The molecule has 25 heavy (non-hydrogen) atoms. The van der Waals surface area contributed by atoms with E-state index in [9.17, 15) is 4.79 Å². The Morgan fingerprint density at radius 2 is 2.28 bits per heavy atom. The summed E-state index contributed by atoms with van der Waals surface area (Å²) in [7, 11) is 0. The molecule has 0 radical (unpaired) electrons. The number of nitrogens with one attached hydrogen (secondary N) is 2. The molecule has 1 aromatic rings. The number of halogens is 1. The van der Waals surface area contributed by atoms with Crippen LogP contribution in [0.25, 0.3) is 0 Å². The number of carbonyl (C=O) groups excluding carboxylic acids is 1. The summed E-state index contributed by atoms with van der Waals surface area (Å²) < 4.78 is 0.941. The van der Waals surface area contributed by atoms with Gasteiger partial charge < -0.3 is 16.4 Å². The topological polar surface area (TPSA) is 82.8 Å². The number of likely N-dealkylation sites (N-methyl/N-ethyl adjacent to an activating group) is 1. The monoisotopic (exact) mass is 409 g/mol. The standard InChI is InChI=1S/C18H28BrN5O/c1-3-24-10-4-5-15(24)12-22-18(20)21-9-8-17(25)23-16-11-14(19)7-6-13(16)2/h6-7,11,15H,3-5,8-10,12H2,1-2H3,(H,23,25)(H3,20,21,22). The molecule has 0 bridgehead atoms. The summed E-state index contributed by atoms with van der Waals surface area (Å²) in [6.07, 6.45) is 2.75. The predicted molar refractivity (Wildman–Crippen MR) is 107 cm³/mol. The van der Waals surface area contributed by atoms with Crippen molar-refractivity contribution in [3.63, 3.8) is 0 Å². The minimum atomic E-state index is -0.0468. The molecule has 1 atom stereocenters.